The maximum absolute atomic E-state index is 10.7. The van der Waals surface area contributed by atoms with E-state index >= 15 is 0 Å². The quantitative estimate of drug-likeness (QED) is 0.430. The lowest BCUT2D eigenvalue weighted by molar-refractivity contribution is 0.0617. The van der Waals surface area contributed by atoms with Gasteiger partial charge in [0.1, 0.15) is 17.6 Å². The minimum Gasteiger partial charge on any atom is -0.443 e. The summed E-state index contributed by atoms with van der Waals surface area (Å²) in [6, 6.07) is 13.5. The zero-order valence-electron chi connectivity index (χ0n) is 15.5. The van der Waals surface area contributed by atoms with Gasteiger partial charge in [0, 0.05) is 6.54 Å². The molecule has 7 heteroatoms. The van der Waals surface area contributed by atoms with Crippen molar-refractivity contribution in [2.75, 3.05) is 13.1 Å². The summed E-state index contributed by atoms with van der Waals surface area (Å²) >= 11 is 1.59. The third-order valence-corrected chi connectivity index (χ3v) is 4.88. The number of aromatic nitrogens is 1. The van der Waals surface area contributed by atoms with E-state index in [2.05, 4.69) is 20.6 Å². The molecule has 27 heavy (non-hydrogen) atoms. The molecule has 2 heterocycles. The number of oxazole rings is 1. The summed E-state index contributed by atoms with van der Waals surface area (Å²) in [5.41, 5.74) is 0.605. The van der Waals surface area contributed by atoms with Gasteiger partial charge in [-0.1, -0.05) is 36.4 Å². The number of hydrogen-bond donors (Lipinski definition) is 3. The van der Waals surface area contributed by atoms with Crippen LogP contribution >= 0.6 is 11.3 Å². The SMILES string of the molecule is CCNC(=NCc1coc(-c2cccs2)n1)NCC(C)(O)c1ccccc1. The second-order valence-corrected chi connectivity index (χ2v) is 7.26. The Bertz CT molecular complexity index is 857. The first-order valence-corrected chi connectivity index (χ1v) is 9.75. The van der Waals surface area contributed by atoms with E-state index in [-0.39, 0.29) is 0 Å². The molecule has 3 N–H and O–H groups in total. The normalized spacial score (nSPS) is 14.0. The maximum atomic E-state index is 10.7. The molecule has 1 unspecified atom stereocenters. The third-order valence-electron chi connectivity index (χ3n) is 4.02. The second kappa shape index (κ2) is 8.83. The van der Waals surface area contributed by atoms with Crippen molar-refractivity contribution < 1.29 is 9.52 Å². The van der Waals surface area contributed by atoms with Gasteiger partial charge < -0.3 is 20.2 Å². The highest BCUT2D eigenvalue weighted by Crippen LogP contribution is 2.23. The number of nitrogens with one attached hydrogen (secondary N) is 2. The molecular formula is C20H24N4O2S. The predicted octanol–water partition coefficient (Wildman–Crippen LogP) is 3.37. The first-order chi connectivity index (χ1) is 13.1. The summed E-state index contributed by atoms with van der Waals surface area (Å²) in [6.07, 6.45) is 1.63. The fraction of sp³-hybridized carbons (Fsp3) is 0.300. The topological polar surface area (TPSA) is 82.7 Å². The largest absolute Gasteiger partial charge is 0.443 e. The van der Waals surface area contributed by atoms with E-state index in [9.17, 15) is 5.11 Å². The minimum absolute atomic E-state index is 0.335. The number of benzene rings is 1. The fourth-order valence-electron chi connectivity index (χ4n) is 2.55. The molecule has 0 spiro atoms. The molecule has 1 atom stereocenters. The Balaban J connectivity index is 1.63. The van der Waals surface area contributed by atoms with Crippen molar-refractivity contribution in [3.05, 3.63) is 65.4 Å². The molecule has 3 aromatic rings. The van der Waals surface area contributed by atoms with Crippen LogP contribution < -0.4 is 10.6 Å². The molecule has 0 radical (unpaired) electrons. The van der Waals surface area contributed by atoms with Gasteiger partial charge in [-0.15, -0.1) is 11.3 Å². The minimum atomic E-state index is -1.00. The highest BCUT2D eigenvalue weighted by molar-refractivity contribution is 7.13. The summed E-state index contributed by atoms with van der Waals surface area (Å²) in [5, 5.41) is 19.1. The molecule has 0 amide bonds. The molecule has 0 aliphatic heterocycles. The maximum Gasteiger partial charge on any atom is 0.236 e. The number of aliphatic imine (C=N–C) groups is 1. The van der Waals surface area contributed by atoms with Gasteiger partial charge in [0.15, 0.2) is 5.96 Å². The van der Waals surface area contributed by atoms with Gasteiger partial charge in [0.2, 0.25) is 5.89 Å². The van der Waals surface area contributed by atoms with Crippen LogP contribution in [-0.2, 0) is 12.1 Å². The van der Waals surface area contributed by atoms with Gasteiger partial charge in [0.05, 0.1) is 18.0 Å². The van der Waals surface area contributed by atoms with Gasteiger partial charge in [0.25, 0.3) is 0 Å². The fourth-order valence-corrected chi connectivity index (χ4v) is 3.21. The molecule has 1 aromatic carbocycles. The number of guanidine groups is 1. The van der Waals surface area contributed by atoms with E-state index in [1.54, 1.807) is 24.5 Å². The lowest BCUT2D eigenvalue weighted by atomic mass is 9.96. The van der Waals surface area contributed by atoms with Crippen molar-refractivity contribution in [3.63, 3.8) is 0 Å². The zero-order chi connectivity index (χ0) is 19.1. The van der Waals surface area contributed by atoms with Crippen molar-refractivity contribution >= 4 is 17.3 Å². The Labute approximate surface area is 163 Å². The molecule has 0 bridgehead atoms. The number of hydrogen-bond acceptors (Lipinski definition) is 5. The van der Waals surface area contributed by atoms with Crippen LogP contribution in [0.25, 0.3) is 10.8 Å². The van der Waals surface area contributed by atoms with Crippen LogP contribution in [0.15, 0.2) is 63.5 Å². The molecule has 142 valence electrons. The Morgan fingerprint density at radius 1 is 1.22 bits per heavy atom. The Morgan fingerprint density at radius 2 is 2.04 bits per heavy atom. The van der Waals surface area contributed by atoms with Crippen LogP contribution in [0.5, 0.6) is 0 Å². The number of rotatable bonds is 7. The summed E-state index contributed by atoms with van der Waals surface area (Å²) in [7, 11) is 0. The first-order valence-electron chi connectivity index (χ1n) is 8.87. The lowest BCUT2D eigenvalue weighted by Crippen LogP contribution is -2.44. The second-order valence-electron chi connectivity index (χ2n) is 6.31. The van der Waals surface area contributed by atoms with Crippen LogP contribution in [0.4, 0.5) is 0 Å². The number of nitrogens with zero attached hydrogens (tertiary/aromatic N) is 2. The highest BCUT2D eigenvalue weighted by atomic mass is 32.1. The summed E-state index contributed by atoms with van der Waals surface area (Å²) < 4.78 is 5.52. The smallest absolute Gasteiger partial charge is 0.236 e. The van der Waals surface area contributed by atoms with E-state index < -0.39 is 5.60 Å². The van der Waals surface area contributed by atoms with Gasteiger partial charge in [-0.25, -0.2) is 9.98 Å². The summed E-state index contributed by atoms with van der Waals surface area (Å²) in [4.78, 5) is 10.0. The van der Waals surface area contributed by atoms with Crippen LogP contribution in [0, 0.1) is 0 Å². The van der Waals surface area contributed by atoms with Crippen LogP contribution in [-0.4, -0.2) is 29.1 Å². The van der Waals surface area contributed by atoms with Crippen molar-refractivity contribution in [2.45, 2.75) is 26.0 Å². The highest BCUT2D eigenvalue weighted by Gasteiger charge is 2.23. The van der Waals surface area contributed by atoms with Gasteiger partial charge in [-0.05, 0) is 30.9 Å². The molecule has 0 saturated heterocycles. The monoisotopic (exact) mass is 384 g/mol. The zero-order valence-corrected chi connectivity index (χ0v) is 16.3. The Hall–Kier alpha value is -2.64. The van der Waals surface area contributed by atoms with E-state index in [1.807, 2.05) is 54.8 Å². The van der Waals surface area contributed by atoms with Gasteiger partial charge >= 0.3 is 0 Å². The van der Waals surface area contributed by atoms with E-state index in [0.717, 1.165) is 22.7 Å². The summed E-state index contributed by atoms with van der Waals surface area (Å²) in [5.74, 6) is 1.23. The molecule has 0 fully saturated rings. The Morgan fingerprint density at radius 3 is 2.74 bits per heavy atom. The standard InChI is InChI=1S/C20H24N4O2S/c1-3-21-19(23-14-20(2,25)15-8-5-4-6-9-15)22-12-16-13-26-18(24-16)17-10-7-11-27-17/h4-11,13,25H,3,12,14H2,1-2H3,(H2,21,22,23). The number of aliphatic hydroxyl groups is 1. The average molecular weight is 385 g/mol. The van der Waals surface area contributed by atoms with E-state index in [4.69, 9.17) is 4.42 Å². The number of thiophene rings is 1. The first kappa shape index (κ1) is 19.1. The third kappa shape index (κ3) is 5.18. The molecule has 6 nitrogen and oxygen atoms in total. The van der Waals surface area contributed by atoms with E-state index in [0.29, 0.717) is 24.9 Å². The molecule has 2 aromatic heterocycles. The Kier molecular flexibility index (Phi) is 6.26. The lowest BCUT2D eigenvalue weighted by Gasteiger charge is -2.25. The average Bonchev–Trinajstić information content (AvgIpc) is 3.36. The van der Waals surface area contributed by atoms with Crippen LogP contribution in [0.3, 0.4) is 0 Å². The molecule has 0 saturated carbocycles. The summed E-state index contributed by atoms with van der Waals surface area (Å²) in [6.45, 7) is 5.22. The predicted molar refractivity (Wildman–Crippen MR) is 109 cm³/mol. The molecule has 3 rings (SSSR count). The van der Waals surface area contributed by atoms with Crippen LogP contribution in [0.1, 0.15) is 25.1 Å². The van der Waals surface area contributed by atoms with Gasteiger partial charge in [-0.2, -0.15) is 0 Å². The molecule has 0 aliphatic rings. The van der Waals surface area contributed by atoms with Gasteiger partial charge in [-0.3, -0.25) is 0 Å². The van der Waals surface area contributed by atoms with Crippen molar-refractivity contribution in [1.29, 1.82) is 0 Å². The molecule has 0 aliphatic carbocycles. The van der Waals surface area contributed by atoms with E-state index in [1.165, 1.54) is 0 Å². The van der Waals surface area contributed by atoms with Crippen molar-refractivity contribution in [2.24, 2.45) is 4.99 Å². The molecular weight excluding hydrogens is 360 g/mol. The van der Waals surface area contributed by atoms with Crippen molar-refractivity contribution in [3.8, 4) is 10.8 Å². The van der Waals surface area contributed by atoms with Crippen molar-refractivity contribution in [1.82, 2.24) is 15.6 Å². The van der Waals surface area contributed by atoms with Crippen LogP contribution in [0.2, 0.25) is 0 Å².